The summed E-state index contributed by atoms with van der Waals surface area (Å²) >= 11 is 0. The quantitative estimate of drug-likeness (QED) is 0.650. The third kappa shape index (κ3) is 2.43. The lowest BCUT2D eigenvalue weighted by molar-refractivity contribution is -0.122. The first-order chi connectivity index (χ1) is 13.1. The number of rotatable bonds is 2. The van der Waals surface area contributed by atoms with E-state index in [4.69, 9.17) is 0 Å². The molecule has 1 N–H and O–H groups in total. The Morgan fingerprint density at radius 1 is 0.778 bits per heavy atom. The summed E-state index contributed by atoms with van der Waals surface area (Å²) in [5.74, 6) is 0.759. The molecule has 27 heavy (non-hydrogen) atoms. The number of carbonyl (C=O) groups is 1. The molecule has 6 rings (SSSR count). The lowest BCUT2D eigenvalue weighted by Gasteiger charge is -2.49. The van der Waals surface area contributed by atoms with Gasteiger partial charge in [-0.15, -0.1) is 0 Å². The van der Waals surface area contributed by atoms with E-state index in [0.29, 0.717) is 0 Å². The molecular formula is C25H23NO. The molecule has 0 heterocycles. The maximum Gasteiger partial charge on any atom is 0.228 e. The second-order valence-corrected chi connectivity index (χ2v) is 7.96. The van der Waals surface area contributed by atoms with E-state index >= 15 is 0 Å². The first kappa shape index (κ1) is 16.3. The van der Waals surface area contributed by atoms with Crippen LogP contribution in [-0.4, -0.2) is 5.91 Å². The largest absolute Gasteiger partial charge is 0.326 e. The molecule has 2 bridgehead atoms. The van der Waals surface area contributed by atoms with E-state index in [1.54, 1.807) is 0 Å². The maximum atomic E-state index is 13.4. The van der Waals surface area contributed by atoms with Gasteiger partial charge in [-0.2, -0.15) is 0 Å². The van der Waals surface area contributed by atoms with Gasteiger partial charge in [-0.1, -0.05) is 67.6 Å². The highest BCUT2D eigenvalue weighted by molar-refractivity contribution is 5.94. The van der Waals surface area contributed by atoms with E-state index in [-0.39, 0.29) is 29.6 Å². The van der Waals surface area contributed by atoms with Crippen molar-refractivity contribution in [2.45, 2.75) is 25.7 Å². The molecule has 0 spiro atoms. The zero-order valence-electron chi connectivity index (χ0n) is 15.6. The van der Waals surface area contributed by atoms with Gasteiger partial charge < -0.3 is 5.32 Å². The van der Waals surface area contributed by atoms with Gasteiger partial charge in [0.25, 0.3) is 0 Å². The molecule has 2 nitrogen and oxygen atoms in total. The fraction of sp³-hybridized carbons (Fsp3) is 0.240. The Balaban J connectivity index is 1.60. The van der Waals surface area contributed by atoms with Crippen LogP contribution in [-0.2, 0) is 4.79 Å². The fourth-order valence-corrected chi connectivity index (χ4v) is 5.29. The van der Waals surface area contributed by atoms with E-state index in [9.17, 15) is 4.79 Å². The molecule has 3 aromatic carbocycles. The second-order valence-electron chi connectivity index (χ2n) is 7.96. The van der Waals surface area contributed by atoms with Gasteiger partial charge in [-0.25, -0.2) is 0 Å². The van der Waals surface area contributed by atoms with Gasteiger partial charge in [0, 0.05) is 17.5 Å². The maximum absolute atomic E-state index is 13.4. The molecule has 0 saturated heterocycles. The van der Waals surface area contributed by atoms with Crippen LogP contribution in [0.5, 0.6) is 0 Å². The molecule has 1 amide bonds. The molecule has 0 aromatic heterocycles. The zero-order chi connectivity index (χ0) is 18.5. The molecule has 0 aliphatic heterocycles. The highest BCUT2D eigenvalue weighted by atomic mass is 16.1. The Kier molecular flexibility index (Phi) is 3.68. The molecule has 0 radical (unpaired) electrons. The van der Waals surface area contributed by atoms with Crippen LogP contribution in [0.3, 0.4) is 0 Å². The number of amides is 1. The molecule has 3 aromatic rings. The highest BCUT2D eigenvalue weighted by Crippen LogP contribution is 2.58. The molecule has 0 saturated carbocycles. The molecule has 2 atom stereocenters. The van der Waals surface area contributed by atoms with Gasteiger partial charge in [0.1, 0.15) is 0 Å². The SMILES string of the molecule is Cc1cccc(NC(=O)[C@@H]2C3c4ccccc4C(c4ccccc43)[C@@H]2C)c1. The number of aryl methyl sites for hydroxylation is 1. The van der Waals surface area contributed by atoms with Crippen molar-refractivity contribution in [3.63, 3.8) is 0 Å². The number of benzene rings is 3. The summed E-state index contributed by atoms with van der Waals surface area (Å²) in [5.41, 5.74) is 7.48. The highest BCUT2D eigenvalue weighted by Gasteiger charge is 2.50. The smallest absolute Gasteiger partial charge is 0.228 e. The van der Waals surface area contributed by atoms with Crippen LogP contribution in [0.4, 0.5) is 5.69 Å². The third-order valence-electron chi connectivity index (χ3n) is 6.37. The van der Waals surface area contributed by atoms with Crippen LogP contribution in [0.1, 0.15) is 46.6 Å². The van der Waals surface area contributed by atoms with Crippen LogP contribution >= 0.6 is 0 Å². The van der Waals surface area contributed by atoms with E-state index in [1.165, 1.54) is 22.3 Å². The van der Waals surface area contributed by atoms with Crippen LogP contribution < -0.4 is 5.32 Å². The lowest BCUT2D eigenvalue weighted by atomic mass is 9.54. The van der Waals surface area contributed by atoms with Crippen molar-refractivity contribution in [2.24, 2.45) is 11.8 Å². The van der Waals surface area contributed by atoms with E-state index in [0.717, 1.165) is 11.3 Å². The number of nitrogens with one attached hydrogen (secondary N) is 1. The van der Waals surface area contributed by atoms with E-state index < -0.39 is 0 Å². The van der Waals surface area contributed by atoms with Crippen LogP contribution in [0.2, 0.25) is 0 Å². The number of anilines is 1. The molecule has 3 aliphatic carbocycles. The Hall–Kier alpha value is -2.87. The Morgan fingerprint density at radius 3 is 1.89 bits per heavy atom. The molecule has 0 unspecified atom stereocenters. The van der Waals surface area contributed by atoms with Gasteiger partial charge in [0.05, 0.1) is 5.92 Å². The molecule has 0 fully saturated rings. The zero-order valence-corrected chi connectivity index (χ0v) is 15.6. The van der Waals surface area contributed by atoms with Crippen molar-refractivity contribution in [1.29, 1.82) is 0 Å². The van der Waals surface area contributed by atoms with E-state index in [1.807, 2.05) is 31.2 Å². The standard InChI is InChI=1S/C25H23NO/c1-15-8-7-9-17(14-15)26-25(27)23-16(2)22-18-10-3-5-12-20(18)24(23)21-13-6-4-11-19(21)22/h3-14,16,22-24H,1-2H3,(H,26,27)/t16-,22?,23-,24?/m0/s1. The molecular weight excluding hydrogens is 330 g/mol. The summed E-state index contributed by atoms with van der Waals surface area (Å²) < 4.78 is 0. The average molecular weight is 353 g/mol. The van der Waals surface area contributed by atoms with Gasteiger partial charge in [-0.05, 0) is 52.8 Å². The fourth-order valence-electron chi connectivity index (χ4n) is 5.29. The number of hydrogen-bond acceptors (Lipinski definition) is 1. The summed E-state index contributed by atoms with van der Waals surface area (Å²) in [6.07, 6.45) is 0. The summed E-state index contributed by atoms with van der Waals surface area (Å²) in [4.78, 5) is 13.4. The first-order valence-corrected chi connectivity index (χ1v) is 9.70. The third-order valence-corrected chi connectivity index (χ3v) is 6.37. The summed E-state index contributed by atoms with van der Waals surface area (Å²) in [6.45, 7) is 4.29. The number of carbonyl (C=O) groups excluding carboxylic acids is 1. The summed E-state index contributed by atoms with van der Waals surface area (Å²) in [5, 5.41) is 3.19. The van der Waals surface area contributed by atoms with Crippen molar-refractivity contribution < 1.29 is 4.79 Å². The molecule has 2 heteroatoms. The Labute approximate surface area is 160 Å². The Bertz CT molecular complexity index is 990. The van der Waals surface area contributed by atoms with Gasteiger partial charge in [0.15, 0.2) is 0 Å². The van der Waals surface area contributed by atoms with Gasteiger partial charge in [0.2, 0.25) is 5.91 Å². The predicted molar refractivity (Wildman–Crippen MR) is 109 cm³/mol. The first-order valence-electron chi connectivity index (χ1n) is 9.70. The topological polar surface area (TPSA) is 29.1 Å². The van der Waals surface area contributed by atoms with Crippen molar-refractivity contribution in [3.05, 3.63) is 101 Å². The van der Waals surface area contributed by atoms with Crippen LogP contribution in [0.25, 0.3) is 0 Å². The van der Waals surface area contributed by atoms with Gasteiger partial charge in [-0.3, -0.25) is 4.79 Å². The second kappa shape index (κ2) is 6.09. The predicted octanol–water partition coefficient (Wildman–Crippen LogP) is 5.48. The minimum absolute atomic E-state index is 0.0553. The molecule has 3 aliphatic rings. The minimum atomic E-state index is -0.0553. The summed E-state index contributed by atoms with van der Waals surface area (Å²) in [6, 6.07) is 25.4. The lowest BCUT2D eigenvalue weighted by Crippen LogP contribution is -2.44. The monoisotopic (exact) mass is 353 g/mol. The van der Waals surface area contributed by atoms with Crippen LogP contribution in [0.15, 0.2) is 72.8 Å². The average Bonchev–Trinajstić information content (AvgIpc) is 2.68. The van der Waals surface area contributed by atoms with E-state index in [2.05, 4.69) is 60.8 Å². The number of hydrogen-bond donors (Lipinski definition) is 1. The summed E-state index contributed by atoms with van der Waals surface area (Å²) in [7, 11) is 0. The number of fused-ring (bicyclic) bond motifs is 1. The van der Waals surface area contributed by atoms with Crippen LogP contribution in [0, 0.1) is 18.8 Å². The minimum Gasteiger partial charge on any atom is -0.326 e. The van der Waals surface area contributed by atoms with Crippen molar-refractivity contribution in [2.75, 3.05) is 5.32 Å². The Morgan fingerprint density at radius 2 is 1.33 bits per heavy atom. The normalized spacial score (nSPS) is 24.8. The van der Waals surface area contributed by atoms with Crippen molar-refractivity contribution in [1.82, 2.24) is 0 Å². The molecule has 134 valence electrons. The van der Waals surface area contributed by atoms with Gasteiger partial charge >= 0.3 is 0 Å². The van der Waals surface area contributed by atoms with Crippen molar-refractivity contribution in [3.8, 4) is 0 Å². The van der Waals surface area contributed by atoms with Crippen molar-refractivity contribution >= 4 is 11.6 Å².